The van der Waals surface area contributed by atoms with Gasteiger partial charge in [0.1, 0.15) is 5.52 Å². The molecule has 0 atom stereocenters. The van der Waals surface area contributed by atoms with Gasteiger partial charge in [-0.3, -0.25) is 0 Å². The fourth-order valence-corrected chi connectivity index (χ4v) is 2.89. The summed E-state index contributed by atoms with van der Waals surface area (Å²) in [5.41, 5.74) is 3.32. The van der Waals surface area contributed by atoms with E-state index in [1.807, 2.05) is 24.3 Å². The van der Waals surface area contributed by atoms with Gasteiger partial charge in [0, 0.05) is 13.1 Å². The number of anilines is 1. The van der Waals surface area contributed by atoms with Gasteiger partial charge in [0.25, 0.3) is 0 Å². The third kappa shape index (κ3) is 2.19. The standard InChI is InChI=1S/C16H15N7O/c1-2-4-11-10(3-1)18-14(19-11)15-20-12-9-17-16(22-13(12)21-15)23-5-7-24-8-6-23/h1-4,9H,5-8H2,(H,18,19)(H,17,20,21,22). The number of nitrogens with zero attached hydrogens (tertiary/aromatic N) is 5. The monoisotopic (exact) mass is 321 g/mol. The molecule has 0 spiro atoms. The highest BCUT2D eigenvalue weighted by molar-refractivity contribution is 5.80. The summed E-state index contributed by atoms with van der Waals surface area (Å²) in [6.07, 6.45) is 1.77. The van der Waals surface area contributed by atoms with E-state index >= 15 is 0 Å². The van der Waals surface area contributed by atoms with Crippen LogP contribution in [0.15, 0.2) is 30.5 Å². The SMILES string of the molecule is c1ccc2[nH]c(-c3nc4nc(N5CCOCC5)ncc4[nH]3)nc2c1. The van der Waals surface area contributed by atoms with Crippen LogP contribution in [0.25, 0.3) is 33.8 Å². The first-order chi connectivity index (χ1) is 11.9. The zero-order valence-electron chi connectivity index (χ0n) is 12.9. The van der Waals surface area contributed by atoms with Gasteiger partial charge >= 0.3 is 0 Å². The number of fused-ring (bicyclic) bond motifs is 2. The number of aromatic nitrogens is 6. The molecule has 5 rings (SSSR count). The number of ether oxygens (including phenoxy) is 1. The van der Waals surface area contributed by atoms with E-state index in [2.05, 4.69) is 34.8 Å². The van der Waals surface area contributed by atoms with Crippen LogP contribution in [0, 0.1) is 0 Å². The number of hydrogen-bond acceptors (Lipinski definition) is 6. The number of benzene rings is 1. The minimum Gasteiger partial charge on any atom is -0.378 e. The zero-order valence-corrected chi connectivity index (χ0v) is 12.9. The molecule has 3 aromatic heterocycles. The molecular weight excluding hydrogens is 306 g/mol. The molecule has 24 heavy (non-hydrogen) atoms. The first-order valence-corrected chi connectivity index (χ1v) is 7.87. The molecule has 1 aliphatic heterocycles. The molecule has 1 saturated heterocycles. The minimum absolute atomic E-state index is 0.641. The van der Waals surface area contributed by atoms with Crippen molar-refractivity contribution in [1.29, 1.82) is 0 Å². The van der Waals surface area contributed by atoms with E-state index in [1.165, 1.54) is 0 Å². The smallest absolute Gasteiger partial charge is 0.227 e. The predicted octanol–water partition coefficient (Wildman–Crippen LogP) is 1.73. The Labute approximate surface area is 136 Å². The predicted molar refractivity (Wildman–Crippen MR) is 89.8 cm³/mol. The Kier molecular flexibility index (Phi) is 2.95. The molecule has 0 bridgehead atoms. The number of aromatic amines is 2. The van der Waals surface area contributed by atoms with E-state index in [4.69, 9.17) is 4.74 Å². The van der Waals surface area contributed by atoms with Crippen LogP contribution in [0.4, 0.5) is 5.95 Å². The number of hydrogen-bond donors (Lipinski definition) is 2. The molecule has 1 aliphatic rings. The number of rotatable bonds is 2. The first-order valence-electron chi connectivity index (χ1n) is 7.87. The van der Waals surface area contributed by atoms with Gasteiger partial charge in [0.15, 0.2) is 17.3 Å². The van der Waals surface area contributed by atoms with Gasteiger partial charge in [0.05, 0.1) is 30.4 Å². The third-order valence-electron chi connectivity index (χ3n) is 4.13. The summed E-state index contributed by atoms with van der Waals surface area (Å²) in [7, 11) is 0. The summed E-state index contributed by atoms with van der Waals surface area (Å²) in [6, 6.07) is 7.90. The zero-order chi connectivity index (χ0) is 15.9. The van der Waals surface area contributed by atoms with Crippen LogP contribution in [0.1, 0.15) is 0 Å². The van der Waals surface area contributed by atoms with E-state index < -0.39 is 0 Å². The van der Waals surface area contributed by atoms with Crippen molar-refractivity contribution in [3.63, 3.8) is 0 Å². The molecule has 120 valence electrons. The molecule has 8 heteroatoms. The van der Waals surface area contributed by atoms with E-state index in [0.717, 1.165) is 29.6 Å². The van der Waals surface area contributed by atoms with E-state index in [1.54, 1.807) is 6.20 Å². The highest BCUT2D eigenvalue weighted by atomic mass is 16.5. The van der Waals surface area contributed by atoms with Crippen molar-refractivity contribution >= 4 is 28.1 Å². The molecule has 8 nitrogen and oxygen atoms in total. The lowest BCUT2D eigenvalue weighted by Gasteiger charge is -2.26. The van der Waals surface area contributed by atoms with Gasteiger partial charge in [0.2, 0.25) is 5.95 Å². The highest BCUT2D eigenvalue weighted by Crippen LogP contribution is 2.21. The maximum atomic E-state index is 5.37. The van der Waals surface area contributed by atoms with Crippen molar-refractivity contribution in [3.05, 3.63) is 30.5 Å². The Morgan fingerprint density at radius 3 is 2.58 bits per heavy atom. The van der Waals surface area contributed by atoms with Crippen LogP contribution < -0.4 is 4.90 Å². The molecule has 1 aromatic carbocycles. The summed E-state index contributed by atoms with van der Waals surface area (Å²) < 4.78 is 5.37. The molecule has 0 radical (unpaired) electrons. The Hall–Kier alpha value is -3.00. The van der Waals surface area contributed by atoms with E-state index in [0.29, 0.717) is 36.5 Å². The van der Waals surface area contributed by atoms with Crippen LogP contribution in [-0.2, 0) is 4.74 Å². The summed E-state index contributed by atoms with van der Waals surface area (Å²) in [5.74, 6) is 2.05. The van der Waals surface area contributed by atoms with Gasteiger partial charge in [-0.25, -0.2) is 15.0 Å². The van der Waals surface area contributed by atoms with Crippen LogP contribution >= 0.6 is 0 Å². The second-order valence-corrected chi connectivity index (χ2v) is 5.69. The molecular formula is C16H15N7O. The van der Waals surface area contributed by atoms with Crippen LogP contribution in [0.2, 0.25) is 0 Å². The van der Waals surface area contributed by atoms with Crippen LogP contribution in [0.3, 0.4) is 0 Å². The normalized spacial score (nSPS) is 15.4. The number of para-hydroxylation sites is 2. The maximum absolute atomic E-state index is 5.37. The largest absolute Gasteiger partial charge is 0.378 e. The van der Waals surface area contributed by atoms with Crippen molar-refractivity contribution in [2.24, 2.45) is 0 Å². The molecule has 2 N–H and O–H groups in total. The lowest BCUT2D eigenvalue weighted by Crippen LogP contribution is -2.37. The van der Waals surface area contributed by atoms with Crippen molar-refractivity contribution in [2.75, 3.05) is 31.2 Å². The average Bonchev–Trinajstić information content (AvgIpc) is 3.25. The van der Waals surface area contributed by atoms with Gasteiger partial charge < -0.3 is 19.6 Å². The lowest BCUT2D eigenvalue weighted by molar-refractivity contribution is 0.122. The average molecular weight is 321 g/mol. The Morgan fingerprint density at radius 2 is 1.71 bits per heavy atom. The molecule has 0 amide bonds. The Morgan fingerprint density at radius 1 is 0.917 bits per heavy atom. The van der Waals surface area contributed by atoms with E-state index in [9.17, 15) is 0 Å². The number of H-pyrrole nitrogens is 2. The molecule has 4 aromatic rings. The summed E-state index contributed by atoms with van der Waals surface area (Å²) in [5, 5.41) is 0. The molecule has 4 heterocycles. The third-order valence-corrected chi connectivity index (χ3v) is 4.13. The second kappa shape index (κ2) is 5.27. The molecule has 0 saturated carbocycles. The van der Waals surface area contributed by atoms with Gasteiger partial charge in [-0.05, 0) is 12.1 Å². The van der Waals surface area contributed by atoms with Gasteiger partial charge in [-0.15, -0.1) is 0 Å². The topological polar surface area (TPSA) is 95.6 Å². The maximum Gasteiger partial charge on any atom is 0.227 e. The number of nitrogens with one attached hydrogen (secondary N) is 2. The van der Waals surface area contributed by atoms with Crippen molar-refractivity contribution in [3.8, 4) is 11.6 Å². The highest BCUT2D eigenvalue weighted by Gasteiger charge is 2.16. The quantitative estimate of drug-likeness (QED) is 0.584. The van der Waals surface area contributed by atoms with Crippen LogP contribution in [-0.4, -0.2) is 56.2 Å². The van der Waals surface area contributed by atoms with Gasteiger partial charge in [-0.2, -0.15) is 4.98 Å². The van der Waals surface area contributed by atoms with Crippen molar-refractivity contribution < 1.29 is 4.74 Å². The summed E-state index contributed by atoms with van der Waals surface area (Å²) in [4.78, 5) is 26.8. The second-order valence-electron chi connectivity index (χ2n) is 5.69. The fraction of sp³-hybridized carbons (Fsp3) is 0.250. The molecule has 1 fully saturated rings. The van der Waals surface area contributed by atoms with E-state index in [-0.39, 0.29) is 0 Å². The Bertz CT molecular complexity index is 983. The first kappa shape index (κ1) is 13.4. The fourth-order valence-electron chi connectivity index (χ4n) is 2.89. The van der Waals surface area contributed by atoms with Crippen molar-refractivity contribution in [1.82, 2.24) is 29.9 Å². The summed E-state index contributed by atoms with van der Waals surface area (Å²) in [6.45, 7) is 3.00. The number of morpholine rings is 1. The number of imidazole rings is 2. The van der Waals surface area contributed by atoms with Crippen molar-refractivity contribution in [2.45, 2.75) is 0 Å². The van der Waals surface area contributed by atoms with Crippen LogP contribution in [0.5, 0.6) is 0 Å². The molecule has 0 unspecified atom stereocenters. The van der Waals surface area contributed by atoms with Gasteiger partial charge in [-0.1, -0.05) is 12.1 Å². The molecule has 0 aliphatic carbocycles. The lowest BCUT2D eigenvalue weighted by atomic mass is 10.3. The summed E-state index contributed by atoms with van der Waals surface area (Å²) >= 11 is 0. The minimum atomic E-state index is 0.641. The Balaban J connectivity index is 1.55.